The van der Waals surface area contributed by atoms with Crippen LogP contribution in [0.1, 0.15) is 31.2 Å². The predicted molar refractivity (Wildman–Crippen MR) is 106 cm³/mol. The Balaban J connectivity index is 1.57. The van der Waals surface area contributed by atoms with Gasteiger partial charge in [0.1, 0.15) is 11.6 Å². The summed E-state index contributed by atoms with van der Waals surface area (Å²) in [6.45, 7) is 0.669. The van der Waals surface area contributed by atoms with Crippen molar-refractivity contribution in [3.63, 3.8) is 0 Å². The highest BCUT2D eigenvalue weighted by molar-refractivity contribution is 9.10. The van der Waals surface area contributed by atoms with Crippen LogP contribution in [0.15, 0.2) is 41.3 Å². The molecule has 8 heteroatoms. The van der Waals surface area contributed by atoms with Crippen LogP contribution in [0.5, 0.6) is 0 Å². The molecule has 0 saturated heterocycles. The SMILES string of the molecule is N[C@H]1CC[C@H](Nc2cc(NCc3cccnc3)n3ncc(Br)c3n2)CC1. The average molecular weight is 416 g/mol. The molecule has 1 aliphatic rings. The number of nitrogens with one attached hydrogen (secondary N) is 2. The molecule has 0 radical (unpaired) electrons. The van der Waals surface area contributed by atoms with Crippen molar-refractivity contribution in [1.82, 2.24) is 19.6 Å². The maximum absolute atomic E-state index is 6.01. The van der Waals surface area contributed by atoms with Gasteiger partial charge in [-0.15, -0.1) is 0 Å². The fourth-order valence-electron chi connectivity index (χ4n) is 3.30. The van der Waals surface area contributed by atoms with Crippen LogP contribution in [-0.2, 0) is 6.54 Å². The number of hydrogen-bond donors (Lipinski definition) is 3. The molecule has 3 aromatic heterocycles. The van der Waals surface area contributed by atoms with Gasteiger partial charge >= 0.3 is 0 Å². The predicted octanol–water partition coefficient (Wildman–Crippen LogP) is 3.18. The van der Waals surface area contributed by atoms with Gasteiger partial charge in [-0.2, -0.15) is 9.61 Å². The van der Waals surface area contributed by atoms with Crippen LogP contribution in [0.25, 0.3) is 5.65 Å². The Hall–Kier alpha value is -2.19. The van der Waals surface area contributed by atoms with E-state index in [0.717, 1.165) is 53.0 Å². The first-order valence-electron chi connectivity index (χ1n) is 8.88. The van der Waals surface area contributed by atoms with E-state index in [2.05, 4.69) is 36.6 Å². The number of nitrogens with two attached hydrogens (primary N) is 1. The summed E-state index contributed by atoms with van der Waals surface area (Å²) in [7, 11) is 0. The topological polar surface area (TPSA) is 93.2 Å². The minimum atomic E-state index is 0.337. The Kier molecular flexibility index (Phi) is 5.03. The standard InChI is InChI=1S/C18H22BrN7/c19-15-11-23-26-17(22-10-12-2-1-7-21-9-12)8-16(25-18(15)26)24-14-5-3-13(20)4-6-14/h1-2,7-9,11,13-14,22H,3-6,10,20H2,(H,24,25)/t13-,14-. The van der Waals surface area contributed by atoms with Crippen LogP contribution in [0.3, 0.4) is 0 Å². The summed E-state index contributed by atoms with van der Waals surface area (Å²) in [6, 6.07) is 6.74. The van der Waals surface area contributed by atoms with Crippen LogP contribution in [0.4, 0.5) is 11.6 Å². The van der Waals surface area contributed by atoms with Gasteiger partial charge in [0, 0.05) is 37.1 Å². The first kappa shape index (κ1) is 17.2. The number of anilines is 2. The van der Waals surface area contributed by atoms with Crippen molar-refractivity contribution in [2.45, 2.75) is 44.3 Å². The Bertz CT molecular complexity index is 872. The molecule has 0 spiro atoms. The number of pyridine rings is 1. The fraction of sp³-hybridized carbons (Fsp3) is 0.389. The minimum Gasteiger partial charge on any atom is -0.367 e. The van der Waals surface area contributed by atoms with Crippen molar-refractivity contribution in [3.8, 4) is 0 Å². The van der Waals surface area contributed by atoms with Gasteiger partial charge < -0.3 is 16.4 Å². The fourth-order valence-corrected chi connectivity index (χ4v) is 3.65. The Morgan fingerprint density at radius 3 is 2.85 bits per heavy atom. The Morgan fingerprint density at radius 2 is 2.08 bits per heavy atom. The molecule has 1 saturated carbocycles. The highest BCUT2D eigenvalue weighted by Gasteiger charge is 2.19. The number of nitrogens with zero attached hydrogens (tertiary/aromatic N) is 4. The number of halogens is 1. The van der Waals surface area contributed by atoms with Gasteiger partial charge in [-0.05, 0) is 53.2 Å². The van der Waals surface area contributed by atoms with E-state index >= 15 is 0 Å². The molecule has 0 aromatic carbocycles. The van der Waals surface area contributed by atoms with Gasteiger partial charge in [-0.25, -0.2) is 4.98 Å². The van der Waals surface area contributed by atoms with Crippen LogP contribution in [0, 0.1) is 0 Å². The number of hydrogen-bond acceptors (Lipinski definition) is 6. The third-order valence-electron chi connectivity index (χ3n) is 4.75. The Labute approximate surface area is 160 Å². The van der Waals surface area contributed by atoms with E-state index in [-0.39, 0.29) is 0 Å². The third kappa shape index (κ3) is 3.81. The van der Waals surface area contributed by atoms with Crippen molar-refractivity contribution in [2.24, 2.45) is 5.73 Å². The highest BCUT2D eigenvalue weighted by Crippen LogP contribution is 2.25. The maximum Gasteiger partial charge on any atom is 0.173 e. The van der Waals surface area contributed by atoms with Crippen LogP contribution < -0.4 is 16.4 Å². The smallest absolute Gasteiger partial charge is 0.173 e. The second kappa shape index (κ2) is 7.59. The zero-order chi connectivity index (χ0) is 17.9. The molecule has 3 heterocycles. The zero-order valence-electron chi connectivity index (χ0n) is 14.4. The van der Waals surface area contributed by atoms with Crippen LogP contribution >= 0.6 is 15.9 Å². The molecule has 0 bridgehead atoms. The molecule has 3 aromatic rings. The highest BCUT2D eigenvalue weighted by atomic mass is 79.9. The lowest BCUT2D eigenvalue weighted by molar-refractivity contribution is 0.410. The third-order valence-corrected chi connectivity index (χ3v) is 5.31. The first-order chi connectivity index (χ1) is 12.7. The zero-order valence-corrected chi connectivity index (χ0v) is 16.0. The molecule has 0 amide bonds. The number of rotatable bonds is 5. The second-order valence-corrected chi connectivity index (χ2v) is 7.58. The van der Waals surface area contributed by atoms with Crippen molar-refractivity contribution in [3.05, 3.63) is 46.8 Å². The summed E-state index contributed by atoms with van der Waals surface area (Å²) >= 11 is 3.54. The molecule has 26 heavy (non-hydrogen) atoms. The summed E-state index contributed by atoms with van der Waals surface area (Å²) < 4.78 is 2.68. The van der Waals surface area contributed by atoms with E-state index in [1.807, 2.05) is 28.9 Å². The first-order valence-corrected chi connectivity index (χ1v) is 9.67. The molecular formula is C18H22BrN7. The van der Waals surface area contributed by atoms with Crippen molar-refractivity contribution in [1.29, 1.82) is 0 Å². The summed E-state index contributed by atoms with van der Waals surface area (Å²) in [5, 5.41) is 11.4. The molecule has 0 atom stereocenters. The van der Waals surface area contributed by atoms with Gasteiger partial charge in [0.2, 0.25) is 0 Å². The molecule has 1 aliphatic carbocycles. The van der Waals surface area contributed by atoms with E-state index in [4.69, 9.17) is 10.7 Å². The van der Waals surface area contributed by atoms with Crippen LogP contribution in [-0.4, -0.2) is 31.7 Å². The van der Waals surface area contributed by atoms with Crippen LogP contribution in [0.2, 0.25) is 0 Å². The molecule has 136 valence electrons. The lowest BCUT2D eigenvalue weighted by atomic mass is 9.92. The minimum absolute atomic E-state index is 0.337. The summed E-state index contributed by atoms with van der Waals surface area (Å²) in [4.78, 5) is 8.88. The average Bonchev–Trinajstić information content (AvgIpc) is 3.04. The van der Waals surface area contributed by atoms with Crippen molar-refractivity contribution < 1.29 is 0 Å². The van der Waals surface area contributed by atoms with Gasteiger partial charge in [-0.1, -0.05) is 6.07 Å². The second-order valence-electron chi connectivity index (χ2n) is 6.73. The van der Waals surface area contributed by atoms with E-state index in [9.17, 15) is 0 Å². The maximum atomic E-state index is 6.01. The molecule has 1 fully saturated rings. The van der Waals surface area contributed by atoms with E-state index in [1.165, 1.54) is 0 Å². The Morgan fingerprint density at radius 1 is 1.23 bits per heavy atom. The quantitative estimate of drug-likeness (QED) is 0.592. The molecule has 0 unspecified atom stereocenters. The normalized spacial score (nSPS) is 20.2. The lowest BCUT2D eigenvalue weighted by Crippen LogP contribution is -2.33. The summed E-state index contributed by atoms with van der Waals surface area (Å²) in [6.07, 6.45) is 9.66. The van der Waals surface area contributed by atoms with Gasteiger partial charge in [0.15, 0.2) is 5.65 Å². The largest absolute Gasteiger partial charge is 0.367 e. The van der Waals surface area contributed by atoms with E-state index in [0.29, 0.717) is 18.6 Å². The molecule has 7 nitrogen and oxygen atoms in total. The van der Waals surface area contributed by atoms with Gasteiger partial charge in [0.25, 0.3) is 0 Å². The van der Waals surface area contributed by atoms with E-state index in [1.54, 1.807) is 12.4 Å². The van der Waals surface area contributed by atoms with Gasteiger partial charge in [-0.3, -0.25) is 4.98 Å². The van der Waals surface area contributed by atoms with Crippen molar-refractivity contribution in [2.75, 3.05) is 10.6 Å². The number of aromatic nitrogens is 4. The molecule has 4 N–H and O–H groups in total. The molecular weight excluding hydrogens is 394 g/mol. The summed E-state index contributed by atoms with van der Waals surface area (Å²) in [5.41, 5.74) is 7.91. The summed E-state index contributed by atoms with van der Waals surface area (Å²) in [5.74, 6) is 1.74. The van der Waals surface area contributed by atoms with E-state index < -0.39 is 0 Å². The monoisotopic (exact) mass is 415 g/mol. The molecule has 0 aliphatic heterocycles. The molecule has 4 rings (SSSR count). The van der Waals surface area contributed by atoms with Crippen molar-refractivity contribution >= 4 is 33.2 Å². The van der Waals surface area contributed by atoms with Gasteiger partial charge in [0.05, 0.1) is 10.7 Å². The number of fused-ring (bicyclic) bond motifs is 1. The lowest BCUT2D eigenvalue weighted by Gasteiger charge is -2.27.